The zero-order chi connectivity index (χ0) is 8.43. The summed E-state index contributed by atoms with van der Waals surface area (Å²) in [6, 6.07) is 1.37. The number of halogens is 1. The van der Waals surface area contributed by atoms with Crippen LogP contribution in [0, 0.1) is 17.1 Å². The molecule has 1 aromatic rings. The predicted octanol–water partition coefficient (Wildman–Crippen LogP) is 0.0913. The van der Waals surface area contributed by atoms with E-state index in [0.29, 0.717) is 6.20 Å². The molecule has 0 aliphatic heterocycles. The van der Waals surface area contributed by atoms with Gasteiger partial charge in [0.15, 0.2) is 17.1 Å². The Labute approximate surface area is 60.5 Å². The van der Waals surface area contributed by atoms with Gasteiger partial charge in [0.2, 0.25) is 0 Å². The van der Waals surface area contributed by atoms with E-state index in [1.54, 1.807) is 0 Å². The van der Waals surface area contributed by atoms with Gasteiger partial charge in [-0.25, -0.2) is 4.39 Å². The number of hydrogen-bond acceptors (Lipinski definition) is 3. The van der Waals surface area contributed by atoms with Gasteiger partial charge >= 0.3 is 0 Å². The molecule has 2 N–H and O–H groups in total. The number of rotatable bonds is 0. The van der Waals surface area contributed by atoms with E-state index in [1.165, 1.54) is 6.07 Å². The first-order valence-corrected chi connectivity index (χ1v) is 2.67. The highest BCUT2D eigenvalue weighted by Gasteiger charge is 2.09. The molecule has 0 saturated carbocycles. The summed E-state index contributed by atoms with van der Waals surface area (Å²) in [7, 11) is 0. The molecule has 1 heterocycles. The molecule has 0 spiro atoms. The number of pyridine rings is 1. The Balaban J connectivity index is 3.57. The van der Waals surface area contributed by atoms with Crippen molar-refractivity contribution in [3.63, 3.8) is 0 Å². The number of nitrogens with one attached hydrogen (secondary N) is 1. The largest absolute Gasteiger partial charge is 0.504 e. The second-order valence-electron chi connectivity index (χ2n) is 1.80. The molecule has 0 aliphatic carbocycles. The summed E-state index contributed by atoms with van der Waals surface area (Å²) in [5.74, 6) is -1.92. The summed E-state index contributed by atoms with van der Waals surface area (Å²) < 4.78 is 12.4. The van der Waals surface area contributed by atoms with Crippen LogP contribution < -0.4 is 5.56 Å². The molecule has 0 unspecified atom stereocenters. The first kappa shape index (κ1) is 7.28. The average molecular weight is 154 g/mol. The maximum absolute atomic E-state index is 12.4. The van der Waals surface area contributed by atoms with E-state index in [-0.39, 0.29) is 0 Å². The van der Waals surface area contributed by atoms with Crippen molar-refractivity contribution in [3.05, 3.63) is 27.9 Å². The van der Waals surface area contributed by atoms with Gasteiger partial charge in [0.25, 0.3) is 5.56 Å². The molecule has 0 radical (unpaired) electrons. The standard InChI is InChI=1S/C6H3FN2O2/c7-4-2-9-6(11)3(1-8)5(4)10/h2H,(H2,9,10,11). The fraction of sp³-hybridized carbons (Fsp3) is 0. The van der Waals surface area contributed by atoms with Gasteiger partial charge in [-0.3, -0.25) is 4.79 Å². The van der Waals surface area contributed by atoms with Crippen molar-refractivity contribution in [2.75, 3.05) is 0 Å². The van der Waals surface area contributed by atoms with Gasteiger partial charge < -0.3 is 10.1 Å². The smallest absolute Gasteiger partial charge is 0.269 e. The van der Waals surface area contributed by atoms with Crippen molar-refractivity contribution in [2.45, 2.75) is 0 Å². The second-order valence-corrected chi connectivity index (χ2v) is 1.80. The third-order valence-electron chi connectivity index (χ3n) is 1.13. The van der Waals surface area contributed by atoms with Crippen LogP contribution in [0.4, 0.5) is 4.39 Å². The number of nitriles is 1. The molecule has 5 heteroatoms. The van der Waals surface area contributed by atoms with Crippen LogP contribution in [0.2, 0.25) is 0 Å². The third kappa shape index (κ3) is 1.05. The quantitative estimate of drug-likeness (QED) is 0.556. The van der Waals surface area contributed by atoms with Crippen molar-refractivity contribution in [1.29, 1.82) is 5.26 Å². The lowest BCUT2D eigenvalue weighted by Crippen LogP contribution is -2.09. The monoisotopic (exact) mass is 154 g/mol. The van der Waals surface area contributed by atoms with Crippen LogP contribution >= 0.6 is 0 Å². The minimum Gasteiger partial charge on any atom is -0.504 e. The molecule has 0 bridgehead atoms. The highest BCUT2D eigenvalue weighted by molar-refractivity contribution is 5.39. The second kappa shape index (κ2) is 2.42. The van der Waals surface area contributed by atoms with Gasteiger partial charge in [-0.15, -0.1) is 0 Å². The Morgan fingerprint density at radius 1 is 1.73 bits per heavy atom. The van der Waals surface area contributed by atoms with Crippen LogP contribution in [0.5, 0.6) is 5.75 Å². The average Bonchev–Trinajstić information content (AvgIpc) is 1.99. The molecule has 0 atom stereocenters. The Morgan fingerprint density at radius 3 is 2.82 bits per heavy atom. The summed E-state index contributed by atoms with van der Waals surface area (Å²) >= 11 is 0. The Kier molecular flexibility index (Phi) is 1.60. The minimum atomic E-state index is -1.01. The van der Waals surface area contributed by atoms with Crippen LogP contribution in [-0.2, 0) is 0 Å². The lowest BCUT2D eigenvalue weighted by Gasteiger charge is -1.93. The fourth-order valence-electron chi connectivity index (χ4n) is 0.600. The normalized spacial score (nSPS) is 9.09. The highest BCUT2D eigenvalue weighted by atomic mass is 19.1. The van der Waals surface area contributed by atoms with Crippen molar-refractivity contribution >= 4 is 0 Å². The van der Waals surface area contributed by atoms with Crippen LogP contribution in [0.3, 0.4) is 0 Å². The molecule has 0 fully saturated rings. The van der Waals surface area contributed by atoms with Crippen molar-refractivity contribution < 1.29 is 9.50 Å². The molecule has 56 valence electrons. The number of aromatic amines is 1. The van der Waals surface area contributed by atoms with Crippen LogP contribution in [0.1, 0.15) is 5.56 Å². The van der Waals surface area contributed by atoms with Crippen molar-refractivity contribution in [1.82, 2.24) is 4.98 Å². The summed E-state index contributed by atoms with van der Waals surface area (Å²) in [5.41, 5.74) is -1.41. The van der Waals surface area contributed by atoms with E-state index in [2.05, 4.69) is 0 Å². The summed E-state index contributed by atoms with van der Waals surface area (Å²) in [6.07, 6.45) is 0.693. The first-order chi connectivity index (χ1) is 5.16. The Hall–Kier alpha value is -1.83. The van der Waals surface area contributed by atoms with Gasteiger partial charge in [0.05, 0.1) is 0 Å². The van der Waals surface area contributed by atoms with E-state index >= 15 is 0 Å². The molecular formula is C6H3FN2O2. The van der Waals surface area contributed by atoms with E-state index < -0.39 is 22.7 Å². The van der Waals surface area contributed by atoms with Crippen LogP contribution in [-0.4, -0.2) is 10.1 Å². The number of hydrogen-bond donors (Lipinski definition) is 2. The first-order valence-electron chi connectivity index (χ1n) is 2.67. The van der Waals surface area contributed by atoms with Crippen LogP contribution in [0.25, 0.3) is 0 Å². The van der Waals surface area contributed by atoms with Crippen molar-refractivity contribution in [2.24, 2.45) is 0 Å². The van der Waals surface area contributed by atoms with E-state index in [0.717, 1.165) is 0 Å². The molecule has 1 aromatic heterocycles. The zero-order valence-corrected chi connectivity index (χ0v) is 5.26. The van der Waals surface area contributed by atoms with E-state index in [4.69, 9.17) is 10.4 Å². The van der Waals surface area contributed by atoms with E-state index in [1.807, 2.05) is 4.98 Å². The fourth-order valence-corrected chi connectivity index (χ4v) is 0.600. The maximum Gasteiger partial charge on any atom is 0.269 e. The molecule has 0 aromatic carbocycles. The summed E-state index contributed by atoms with van der Waals surface area (Å²) in [4.78, 5) is 12.6. The van der Waals surface area contributed by atoms with Gasteiger partial charge in [0.1, 0.15) is 6.07 Å². The highest BCUT2D eigenvalue weighted by Crippen LogP contribution is 2.14. The topological polar surface area (TPSA) is 76.9 Å². The summed E-state index contributed by atoms with van der Waals surface area (Å²) in [6.45, 7) is 0. The van der Waals surface area contributed by atoms with E-state index in [9.17, 15) is 9.18 Å². The maximum atomic E-state index is 12.4. The number of aromatic hydroxyl groups is 1. The van der Waals surface area contributed by atoms with Gasteiger partial charge in [0, 0.05) is 6.20 Å². The number of nitrogens with zero attached hydrogens (tertiary/aromatic N) is 1. The molecule has 0 aliphatic rings. The lowest BCUT2D eigenvalue weighted by molar-refractivity contribution is 0.427. The Bertz CT molecular complexity index is 377. The molecular weight excluding hydrogens is 151 g/mol. The molecule has 11 heavy (non-hydrogen) atoms. The van der Waals surface area contributed by atoms with Gasteiger partial charge in [-0.1, -0.05) is 0 Å². The molecule has 1 rings (SSSR count). The minimum absolute atomic E-state index is 0.606. The molecule has 0 saturated heterocycles. The Morgan fingerprint density at radius 2 is 2.36 bits per heavy atom. The zero-order valence-electron chi connectivity index (χ0n) is 5.26. The lowest BCUT2D eigenvalue weighted by atomic mass is 10.3. The van der Waals surface area contributed by atoms with Gasteiger partial charge in [-0.05, 0) is 0 Å². The van der Waals surface area contributed by atoms with Gasteiger partial charge in [-0.2, -0.15) is 5.26 Å². The third-order valence-corrected chi connectivity index (χ3v) is 1.13. The van der Waals surface area contributed by atoms with Crippen LogP contribution in [0.15, 0.2) is 11.0 Å². The molecule has 4 nitrogen and oxygen atoms in total. The predicted molar refractivity (Wildman–Crippen MR) is 33.4 cm³/mol. The number of H-pyrrole nitrogens is 1. The number of aromatic nitrogens is 1. The summed E-state index contributed by atoms with van der Waals surface area (Å²) in [5, 5.41) is 17.0. The molecule has 0 amide bonds. The van der Waals surface area contributed by atoms with Crippen molar-refractivity contribution in [3.8, 4) is 11.8 Å². The SMILES string of the molecule is N#Cc1c(O)c(F)c[nH]c1=O.